The van der Waals surface area contributed by atoms with Gasteiger partial charge in [-0.05, 0) is 44.6 Å². The highest BCUT2D eigenvalue weighted by molar-refractivity contribution is 7.90. The Labute approximate surface area is 255 Å². The Hall–Kier alpha value is -3.67. The fourth-order valence-corrected chi connectivity index (χ4v) is 7.25. The molecule has 2 aliphatic carbocycles. The number of nitrogens with one attached hydrogen (secondary N) is 3. The summed E-state index contributed by atoms with van der Waals surface area (Å²) < 4.78 is 65.9. The fourth-order valence-electron chi connectivity index (χ4n) is 5.08. The van der Waals surface area contributed by atoms with Gasteiger partial charge in [0.25, 0.3) is 10.0 Å². The van der Waals surface area contributed by atoms with Crippen LogP contribution in [0.3, 0.4) is 0 Å². The lowest BCUT2D eigenvalue weighted by Gasteiger charge is -2.31. The normalized spacial score (nSPS) is 19.2. The highest BCUT2D eigenvalue weighted by Crippen LogP contribution is 2.38. The standard InChI is InChI=1S/C27H30F3N9O3S2/c28-27(29,30)26-36-22(15-43-26)20-13-33-24(11-21(20)35-18-3-1-17(2-4-18)31-9-10-40)37-23-7-8-32-25(38-23)16-12-34-39(14-16)44(41,42)19-5-6-19/h7-8,11-15,17-19,31,40H,1-6,9-10H2,(H2,32,33,35,37,38). The van der Waals surface area contributed by atoms with E-state index in [1.807, 2.05) is 0 Å². The number of hydrogen-bond donors (Lipinski definition) is 4. The summed E-state index contributed by atoms with van der Waals surface area (Å²) in [5.74, 6) is 1.02. The summed E-state index contributed by atoms with van der Waals surface area (Å²) in [5, 5.41) is 23.0. The highest BCUT2D eigenvalue weighted by Gasteiger charge is 2.38. The van der Waals surface area contributed by atoms with Crippen LogP contribution >= 0.6 is 11.3 Å². The molecule has 0 spiro atoms. The van der Waals surface area contributed by atoms with Crippen molar-refractivity contribution in [3.63, 3.8) is 0 Å². The maximum absolute atomic E-state index is 13.3. The first-order valence-corrected chi connectivity index (χ1v) is 16.5. The molecule has 234 valence electrons. The van der Waals surface area contributed by atoms with Crippen LogP contribution in [0.15, 0.2) is 42.3 Å². The molecule has 4 aromatic heterocycles. The lowest BCUT2D eigenvalue weighted by atomic mass is 9.91. The smallest absolute Gasteiger partial charge is 0.395 e. The average Bonchev–Trinajstić information content (AvgIpc) is 3.53. The average molecular weight is 650 g/mol. The number of halogens is 3. The van der Waals surface area contributed by atoms with Crippen molar-refractivity contribution in [2.45, 2.75) is 62.0 Å². The molecule has 12 nitrogen and oxygen atoms in total. The molecule has 0 bridgehead atoms. The number of anilines is 3. The Balaban J connectivity index is 1.23. The molecule has 4 N–H and O–H groups in total. The quantitative estimate of drug-likeness (QED) is 0.184. The third kappa shape index (κ3) is 6.85. The van der Waals surface area contributed by atoms with E-state index >= 15 is 0 Å². The molecule has 0 aliphatic heterocycles. The van der Waals surface area contributed by atoms with Gasteiger partial charge >= 0.3 is 6.18 Å². The maximum atomic E-state index is 13.3. The summed E-state index contributed by atoms with van der Waals surface area (Å²) in [7, 11) is -3.53. The van der Waals surface area contributed by atoms with Gasteiger partial charge in [-0.1, -0.05) is 0 Å². The molecule has 0 radical (unpaired) electrons. The number of nitrogens with zero attached hydrogens (tertiary/aromatic N) is 6. The molecule has 4 aromatic rings. The molecule has 0 atom stereocenters. The molecular weight excluding hydrogens is 619 g/mol. The summed E-state index contributed by atoms with van der Waals surface area (Å²) in [5.41, 5.74) is 1.62. The van der Waals surface area contributed by atoms with E-state index < -0.39 is 26.5 Å². The number of pyridine rings is 1. The largest absolute Gasteiger partial charge is 0.443 e. The van der Waals surface area contributed by atoms with Crippen LogP contribution in [0.2, 0.25) is 0 Å². The van der Waals surface area contributed by atoms with E-state index in [0.717, 1.165) is 29.8 Å². The number of alkyl halides is 3. The van der Waals surface area contributed by atoms with E-state index in [1.54, 1.807) is 12.1 Å². The van der Waals surface area contributed by atoms with Gasteiger partial charge in [0.15, 0.2) is 10.8 Å². The Morgan fingerprint density at radius 1 is 1.02 bits per heavy atom. The predicted molar refractivity (Wildman–Crippen MR) is 159 cm³/mol. The Morgan fingerprint density at radius 2 is 1.80 bits per heavy atom. The van der Waals surface area contributed by atoms with E-state index in [1.165, 1.54) is 30.2 Å². The molecule has 17 heteroatoms. The second-order valence-corrected chi connectivity index (χ2v) is 13.7. The summed E-state index contributed by atoms with van der Waals surface area (Å²) >= 11 is 0.531. The molecule has 4 heterocycles. The number of thiazole rings is 1. The van der Waals surface area contributed by atoms with Crippen LogP contribution in [0.25, 0.3) is 22.6 Å². The molecule has 44 heavy (non-hydrogen) atoms. The monoisotopic (exact) mass is 649 g/mol. The van der Waals surface area contributed by atoms with Gasteiger partial charge in [-0.2, -0.15) is 22.4 Å². The van der Waals surface area contributed by atoms with Crippen molar-refractivity contribution in [2.75, 3.05) is 23.8 Å². The van der Waals surface area contributed by atoms with Crippen molar-refractivity contribution in [3.05, 3.63) is 47.3 Å². The zero-order valence-electron chi connectivity index (χ0n) is 23.3. The molecule has 2 fully saturated rings. The highest BCUT2D eigenvalue weighted by atomic mass is 32.2. The van der Waals surface area contributed by atoms with Gasteiger partial charge in [0, 0.05) is 53.7 Å². The second kappa shape index (κ2) is 12.4. The Kier molecular flexibility index (Phi) is 8.54. The van der Waals surface area contributed by atoms with E-state index in [0.29, 0.717) is 65.2 Å². The fraction of sp³-hybridized carbons (Fsp3) is 0.444. The molecule has 0 saturated heterocycles. The molecule has 0 aromatic carbocycles. The lowest BCUT2D eigenvalue weighted by Crippen LogP contribution is -2.38. The van der Waals surface area contributed by atoms with E-state index in [4.69, 9.17) is 5.11 Å². The van der Waals surface area contributed by atoms with E-state index in [2.05, 4.69) is 41.0 Å². The van der Waals surface area contributed by atoms with Crippen molar-refractivity contribution in [1.82, 2.24) is 34.4 Å². The minimum absolute atomic E-state index is 0.0711. The number of hydrogen-bond acceptors (Lipinski definition) is 12. The number of aliphatic hydroxyl groups excluding tert-OH is 1. The van der Waals surface area contributed by atoms with Gasteiger partial charge in [-0.25, -0.2) is 28.4 Å². The number of aromatic nitrogens is 6. The van der Waals surface area contributed by atoms with Crippen LogP contribution in [-0.2, 0) is 16.2 Å². The topological polar surface area (TPSA) is 160 Å². The Bertz CT molecular complexity index is 1720. The SMILES string of the molecule is O=S(=O)(C1CC1)n1cc(-c2nccc(Nc3cc(NC4CCC(NCCO)CC4)c(-c4csc(C(F)(F)F)n4)cn3)n2)cn1. The third-order valence-electron chi connectivity index (χ3n) is 7.49. The molecule has 0 unspecified atom stereocenters. The summed E-state index contributed by atoms with van der Waals surface area (Å²) in [6.45, 7) is 0.603. The zero-order valence-corrected chi connectivity index (χ0v) is 25.0. The van der Waals surface area contributed by atoms with Gasteiger partial charge in [0.05, 0.1) is 35.5 Å². The van der Waals surface area contributed by atoms with Crippen molar-refractivity contribution in [3.8, 4) is 22.6 Å². The van der Waals surface area contributed by atoms with Crippen molar-refractivity contribution in [1.29, 1.82) is 0 Å². The minimum Gasteiger partial charge on any atom is -0.395 e. The molecular formula is C27H30F3N9O3S2. The van der Waals surface area contributed by atoms with Crippen molar-refractivity contribution in [2.24, 2.45) is 0 Å². The van der Waals surface area contributed by atoms with E-state index in [-0.39, 0.29) is 24.2 Å². The van der Waals surface area contributed by atoms with Gasteiger partial charge in [0.1, 0.15) is 11.6 Å². The summed E-state index contributed by atoms with van der Waals surface area (Å²) in [6.07, 6.45) is 5.90. The van der Waals surface area contributed by atoms with Crippen LogP contribution in [0.4, 0.5) is 30.5 Å². The summed E-state index contributed by atoms with van der Waals surface area (Å²) in [6, 6.07) is 3.70. The number of aliphatic hydroxyl groups is 1. The third-order valence-corrected chi connectivity index (χ3v) is 10.4. The molecule has 2 saturated carbocycles. The second-order valence-electron chi connectivity index (χ2n) is 10.8. The van der Waals surface area contributed by atoms with Gasteiger partial charge in [-0.15, -0.1) is 11.3 Å². The van der Waals surface area contributed by atoms with Crippen LogP contribution in [0, 0.1) is 0 Å². The molecule has 0 amide bonds. The van der Waals surface area contributed by atoms with Crippen molar-refractivity contribution >= 4 is 38.7 Å². The first-order chi connectivity index (χ1) is 21.1. The Morgan fingerprint density at radius 3 is 2.50 bits per heavy atom. The zero-order chi connectivity index (χ0) is 30.9. The van der Waals surface area contributed by atoms with Gasteiger partial charge in [-0.3, -0.25) is 0 Å². The maximum Gasteiger partial charge on any atom is 0.443 e. The summed E-state index contributed by atoms with van der Waals surface area (Å²) in [4.78, 5) is 17.0. The van der Waals surface area contributed by atoms with Crippen LogP contribution < -0.4 is 16.0 Å². The molecule has 2 aliphatic rings. The van der Waals surface area contributed by atoms with Crippen LogP contribution in [-0.4, -0.2) is 73.1 Å². The first kappa shape index (κ1) is 30.4. The number of rotatable bonds is 11. The first-order valence-electron chi connectivity index (χ1n) is 14.1. The van der Waals surface area contributed by atoms with Gasteiger partial charge < -0.3 is 21.1 Å². The molecule has 6 rings (SSSR count). The lowest BCUT2D eigenvalue weighted by molar-refractivity contribution is -0.137. The van der Waals surface area contributed by atoms with Crippen molar-refractivity contribution < 1.29 is 26.7 Å². The van der Waals surface area contributed by atoms with Crippen LogP contribution in [0.5, 0.6) is 0 Å². The van der Waals surface area contributed by atoms with Crippen LogP contribution in [0.1, 0.15) is 43.5 Å². The van der Waals surface area contributed by atoms with Gasteiger partial charge in [0.2, 0.25) is 0 Å². The van der Waals surface area contributed by atoms with E-state index in [9.17, 15) is 21.6 Å². The minimum atomic E-state index is -4.55. The predicted octanol–water partition coefficient (Wildman–Crippen LogP) is 4.27.